The molecule has 0 amide bonds. The summed E-state index contributed by atoms with van der Waals surface area (Å²) in [5, 5.41) is 9.11. The maximum atomic E-state index is 4.14. The van der Waals surface area contributed by atoms with Crippen LogP contribution in [0.1, 0.15) is 59.2 Å². The van der Waals surface area contributed by atoms with Crippen LogP contribution in [0, 0.1) is 11.8 Å². The number of hydrogen-bond donors (Lipinski definition) is 1. The van der Waals surface area contributed by atoms with Crippen LogP contribution in [-0.2, 0) is 10.8 Å². The average Bonchev–Trinajstić information content (AvgIpc) is 3.75. The number of fused-ring (bicyclic) bond motifs is 12. The zero-order chi connectivity index (χ0) is 47.7. The van der Waals surface area contributed by atoms with Crippen molar-refractivity contribution in [1.82, 2.24) is 0 Å². The number of nitrogens with zero attached hydrogens (tertiary/aromatic N) is 1. The third-order valence-corrected chi connectivity index (χ3v) is 17.3. The lowest BCUT2D eigenvalue weighted by Crippen LogP contribution is -2.40. The molecule has 1 spiro atoms. The van der Waals surface area contributed by atoms with E-state index in [0.717, 1.165) is 40.3 Å². The maximum absolute atomic E-state index is 4.14. The van der Waals surface area contributed by atoms with E-state index in [9.17, 15) is 0 Å². The number of benzene rings is 10. The van der Waals surface area contributed by atoms with Crippen LogP contribution in [0.15, 0.2) is 224 Å². The van der Waals surface area contributed by atoms with Gasteiger partial charge in [-0.1, -0.05) is 196 Å². The first-order valence-electron chi connectivity index (χ1n) is 25.1. The summed E-state index contributed by atoms with van der Waals surface area (Å²) in [7, 11) is 0. The van der Waals surface area contributed by atoms with Gasteiger partial charge in [0, 0.05) is 66.6 Å². The van der Waals surface area contributed by atoms with Crippen LogP contribution in [0.3, 0.4) is 0 Å². The number of anilines is 5. The Morgan fingerprint density at radius 1 is 0.514 bits per heavy atom. The molecule has 3 heteroatoms. The van der Waals surface area contributed by atoms with Crippen LogP contribution < -0.4 is 10.2 Å². The van der Waals surface area contributed by atoms with Gasteiger partial charge in [-0.2, -0.15) is 0 Å². The number of hydrogen-bond acceptors (Lipinski definition) is 3. The minimum Gasteiger partial charge on any atom is -0.354 e. The maximum Gasteiger partial charge on any atom is 0.0720 e. The van der Waals surface area contributed by atoms with Gasteiger partial charge in [-0.15, -0.1) is 11.3 Å². The van der Waals surface area contributed by atoms with E-state index in [4.69, 9.17) is 0 Å². The van der Waals surface area contributed by atoms with Crippen LogP contribution >= 0.6 is 11.3 Å². The lowest BCUT2D eigenvalue weighted by Gasteiger charge is -2.46. The molecule has 0 radical (unpaired) electrons. The molecule has 0 saturated carbocycles. The molecule has 1 aromatic heterocycles. The Morgan fingerprint density at radius 2 is 1.21 bits per heavy atom. The van der Waals surface area contributed by atoms with Gasteiger partial charge >= 0.3 is 0 Å². The van der Waals surface area contributed by atoms with Gasteiger partial charge in [0.05, 0.1) is 21.5 Å². The molecule has 0 saturated heterocycles. The van der Waals surface area contributed by atoms with E-state index < -0.39 is 5.41 Å². The normalized spacial score (nSPS) is 14.8. The number of para-hydroxylation sites is 2. The number of nitrogens with one attached hydrogen (secondary N) is 1. The van der Waals surface area contributed by atoms with E-state index in [0.29, 0.717) is 0 Å². The summed E-state index contributed by atoms with van der Waals surface area (Å²) >= 11 is 1.87. The minimum absolute atomic E-state index is 0.202. The lowest BCUT2D eigenvalue weighted by molar-refractivity contribution is 0.563. The van der Waals surface area contributed by atoms with Gasteiger partial charge in [-0.05, 0) is 121 Å². The van der Waals surface area contributed by atoms with Gasteiger partial charge in [0.2, 0.25) is 0 Å². The zero-order valence-corrected chi connectivity index (χ0v) is 40.7. The Kier molecular flexibility index (Phi) is 8.80. The van der Waals surface area contributed by atoms with Crippen LogP contribution in [0.2, 0.25) is 0 Å². The summed E-state index contributed by atoms with van der Waals surface area (Å²) in [6.45, 7) is 4.80. The smallest absolute Gasteiger partial charge is 0.0720 e. The summed E-state index contributed by atoms with van der Waals surface area (Å²) in [6.07, 6.45) is 7.23. The van der Waals surface area contributed by atoms with Crippen molar-refractivity contribution in [3.8, 4) is 45.2 Å². The van der Waals surface area contributed by atoms with Crippen molar-refractivity contribution in [1.29, 1.82) is 0 Å². The van der Waals surface area contributed by atoms with Crippen molar-refractivity contribution in [2.24, 2.45) is 0 Å². The summed E-state index contributed by atoms with van der Waals surface area (Å²) in [5.41, 5.74) is 22.4. The van der Waals surface area contributed by atoms with Crippen LogP contribution in [-0.4, -0.2) is 0 Å². The van der Waals surface area contributed by atoms with Crippen molar-refractivity contribution in [3.63, 3.8) is 0 Å². The van der Waals surface area contributed by atoms with Crippen LogP contribution in [0.25, 0.3) is 69.9 Å². The Bertz CT molecular complexity index is 4220. The molecule has 0 unspecified atom stereocenters. The fourth-order valence-electron chi connectivity index (χ4n) is 13.0. The first-order valence-corrected chi connectivity index (χ1v) is 25.9. The SMILES string of the molecule is CC1(C)c2ccccc2C2(c3ccccc31)c1ccc(C3=CC=CCC#C3)c3c1-c1c2ccc(-c2ccc4ccc(N(c5ccccc5)c5cccc6c5sc5ccccc56)cc4c2)c1-c1ccccc1N3. The molecule has 11 aromatic rings. The van der Waals surface area contributed by atoms with E-state index >= 15 is 0 Å². The van der Waals surface area contributed by atoms with Gasteiger partial charge in [0.25, 0.3) is 0 Å². The van der Waals surface area contributed by atoms with Crippen molar-refractivity contribution in [3.05, 3.63) is 263 Å². The summed E-state index contributed by atoms with van der Waals surface area (Å²) in [5.74, 6) is 7.00. The zero-order valence-electron chi connectivity index (χ0n) is 39.9. The molecular weight excluding hydrogens is 889 g/mol. The highest BCUT2D eigenvalue weighted by molar-refractivity contribution is 7.26. The third kappa shape index (κ3) is 5.67. The second kappa shape index (κ2) is 15.4. The molecule has 2 nitrogen and oxygen atoms in total. The topological polar surface area (TPSA) is 15.3 Å². The van der Waals surface area contributed by atoms with Gasteiger partial charge in [-0.3, -0.25) is 0 Å². The van der Waals surface area contributed by atoms with Crippen molar-refractivity contribution >= 4 is 76.3 Å². The predicted octanol–water partition coefficient (Wildman–Crippen LogP) is 18.4. The quantitative estimate of drug-likeness (QED) is 0.173. The van der Waals surface area contributed by atoms with Gasteiger partial charge in [-0.25, -0.2) is 0 Å². The fourth-order valence-corrected chi connectivity index (χ4v) is 14.2. The molecule has 3 aliphatic carbocycles. The van der Waals surface area contributed by atoms with E-state index in [-0.39, 0.29) is 5.41 Å². The number of thiophene rings is 1. The minimum atomic E-state index is -0.568. The summed E-state index contributed by atoms with van der Waals surface area (Å²) < 4.78 is 2.58. The lowest BCUT2D eigenvalue weighted by atomic mass is 9.55. The third-order valence-electron chi connectivity index (χ3n) is 16.1. The Labute approximate surface area is 423 Å². The van der Waals surface area contributed by atoms with E-state index in [2.05, 4.69) is 260 Å². The first kappa shape index (κ1) is 41.1. The van der Waals surface area contributed by atoms with E-state index in [1.165, 1.54) is 103 Å². The van der Waals surface area contributed by atoms with Crippen molar-refractivity contribution < 1.29 is 0 Å². The Balaban J connectivity index is 1.00. The van der Waals surface area contributed by atoms with Gasteiger partial charge in [0.1, 0.15) is 0 Å². The van der Waals surface area contributed by atoms with Gasteiger partial charge in [0.15, 0.2) is 0 Å². The Morgan fingerprint density at radius 3 is 2.04 bits per heavy atom. The molecule has 72 heavy (non-hydrogen) atoms. The molecule has 0 atom stereocenters. The fraction of sp³-hybridized carbons (Fsp3) is 0.0725. The Hall–Kier alpha value is -8.68. The van der Waals surface area contributed by atoms with E-state index in [1.807, 2.05) is 11.3 Å². The van der Waals surface area contributed by atoms with Crippen molar-refractivity contribution in [2.45, 2.75) is 31.1 Å². The predicted molar refractivity (Wildman–Crippen MR) is 305 cm³/mol. The molecule has 0 bridgehead atoms. The molecule has 10 aromatic carbocycles. The number of allylic oxidation sites excluding steroid dienone is 4. The molecule has 0 fully saturated rings. The largest absolute Gasteiger partial charge is 0.354 e. The highest BCUT2D eigenvalue weighted by Crippen LogP contribution is 2.67. The first-order chi connectivity index (χ1) is 35.5. The summed E-state index contributed by atoms with van der Waals surface area (Å²) in [4.78, 5) is 2.44. The number of rotatable bonds is 5. The molecule has 1 N–H and O–H groups in total. The standard InChI is InChI=1S/C69H46N2S/c1-68(2)54-26-12-14-28-56(54)69(57-29-15-13-27-55(57)68)58-39-37-49(63-53-24-10-16-30-60(53)70-66-50(44-19-6-3-4-7-20-44)38-40-59(69)65(66)64(58)63)45-34-33-43-35-36-48(42-46(43)41-45)71(47-21-8-5-9-22-47)61-31-18-25-52-51-23-11-17-32-62(51)72-67(52)61/h3,5-6,8-19,21-42,70H,4H2,1-2H3. The van der Waals surface area contributed by atoms with Crippen molar-refractivity contribution in [2.75, 3.05) is 10.2 Å². The molecule has 1 aliphatic heterocycles. The summed E-state index contributed by atoms with van der Waals surface area (Å²) in [6, 6.07) is 77.5. The van der Waals surface area contributed by atoms with E-state index in [1.54, 1.807) is 0 Å². The average molecular weight is 935 g/mol. The molecule has 2 heterocycles. The highest BCUT2D eigenvalue weighted by Gasteiger charge is 2.55. The second-order valence-electron chi connectivity index (χ2n) is 20.1. The molecular formula is C69H46N2S. The van der Waals surface area contributed by atoms with Crippen LogP contribution in [0.4, 0.5) is 28.4 Å². The molecule has 15 rings (SSSR count). The second-order valence-corrected chi connectivity index (χ2v) is 21.2. The highest BCUT2D eigenvalue weighted by atomic mass is 32.1. The molecule has 338 valence electrons. The molecule has 4 aliphatic rings. The monoisotopic (exact) mass is 934 g/mol. The van der Waals surface area contributed by atoms with Gasteiger partial charge < -0.3 is 10.2 Å². The van der Waals surface area contributed by atoms with Crippen LogP contribution in [0.5, 0.6) is 0 Å².